The van der Waals surface area contributed by atoms with Gasteiger partial charge in [-0.05, 0) is 36.7 Å². The smallest absolute Gasteiger partial charge is 0.335 e. The van der Waals surface area contributed by atoms with E-state index in [1.54, 1.807) is 24.3 Å². The number of hydrogen-bond donors (Lipinski definition) is 3. The highest BCUT2D eigenvalue weighted by atomic mass is 16.4. The maximum Gasteiger partial charge on any atom is 0.335 e. The number of hydrogen-bond acceptors (Lipinski definition) is 3. The van der Waals surface area contributed by atoms with Crippen LogP contribution in [0.25, 0.3) is 0 Å². The quantitative estimate of drug-likeness (QED) is 0.735. The van der Waals surface area contributed by atoms with E-state index in [-0.39, 0.29) is 17.4 Å². The third kappa shape index (κ3) is 3.32. The molecule has 5 nitrogen and oxygen atoms in total. The topological polar surface area (TPSA) is 78.4 Å². The van der Waals surface area contributed by atoms with Gasteiger partial charge in [-0.15, -0.1) is 0 Å². The van der Waals surface area contributed by atoms with Crippen LogP contribution in [0.5, 0.6) is 0 Å². The van der Waals surface area contributed by atoms with Crippen LogP contribution in [0.1, 0.15) is 22.8 Å². The molecule has 1 aliphatic heterocycles. The molecular weight excluding hydrogens is 244 g/mol. The molecule has 0 bridgehead atoms. The molecule has 1 amide bonds. The number of amides is 1. The lowest BCUT2D eigenvalue weighted by molar-refractivity contribution is -0.126. The molecule has 1 aromatic carbocycles. The first-order valence-electron chi connectivity index (χ1n) is 6.38. The van der Waals surface area contributed by atoms with Gasteiger partial charge in [0.15, 0.2) is 0 Å². The van der Waals surface area contributed by atoms with Crippen molar-refractivity contribution in [2.45, 2.75) is 13.5 Å². The van der Waals surface area contributed by atoms with E-state index in [4.69, 9.17) is 5.11 Å². The van der Waals surface area contributed by atoms with Gasteiger partial charge in [0.2, 0.25) is 5.91 Å². The average molecular weight is 262 g/mol. The fourth-order valence-electron chi connectivity index (χ4n) is 1.99. The molecule has 1 aliphatic rings. The molecule has 0 spiro atoms. The number of aromatic carboxylic acids is 1. The van der Waals surface area contributed by atoms with E-state index in [1.807, 2.05) is 6.92 Å². The second-order valence-corrected chi connectivity index (χ2v) is 4.93. The van der Waals surface area contributed by atoms with Gasteiger partial charge in [-0.25, -0.2) is 4.79 Å². The van der Waals surface area contributed by atoms with Gasteiger partial charge < -0.3 is 15.7 Å². The summed E-state index contributed by atoms with van der Waals surface area (Å²) in [6.45, 7) is 4.18. The minimum Gasteiger partial charge on any atom is -0.478 e. The second-order valence-electron chi connectivity index (χ2n) is 4.93. The normalized spacial score (nSPS) is 16.5. The number of carboxylic acids is 1. The van der Waals surface area contributed by atoms with Crippen molar-refractivity contribution in [2.24, 2.45) is 11.8 Å². The lowest BCUT2D eigenvalue weighted by Gasteiger charge is -2.31. The fourth-order valence-corrected chi connectivity index (χ4v) is 1.99. The Morgan fingerprint density at radius 2 is 2.00 bits per heavy atom. The summed E-state index contributed by atoms with van der Waals surface area (Å²) in [5.74, 6) is -0.454. The van der Waals surface area contributed by atoms with Crippen molar-refractivity contribution < 1.29 is 14.7 Å². The van der Waals surface area contributed by atoms with Crippen molar-refractivity contribution in [2.75, 3.05) is 13.1 Å². The molecular formula is C14H18N2O3. The van der Waals surface area contributed by atoms with Gasteiger partial charge in [0.05, 0.1) is 5.56 Å². The summed E-state index contributed by atoms with van der Waals surface area (Å²) in [5.41, 5.74) is 1.15. The Balaban J connectivity index is 1.84. The number of rotatable bonds is 5. The van der Waals surface area contributed by atoms with Crippen LogP contribution in [-0.2, 0) is 11.3 Å². The molecule has 1 saturated heterocycles. The Labute approximate surface area is 112 Å². The zero-order valence-corrected chi connectivity index (χ0v) is 10.8. The number of nitrogens with one attached hydrogen (secondary N) is 2. The maximum atomic E-state index is 11.9. The summed E-state index contributed by atoms with van der Waals surface area (Å²) in [6.07, 6.45) is 0. The summed E-state index contributed by atoms with van der Waals surface area (Å²) in [6, 6.07) is 6.53. The van der Waals surface area contributed by atoms with Crippen LogP contribution >= 0.6 is 0 Å². The largest absolute Gasteiger partial charge is 0.478 e. The lowest BCUT2D eigenvalue weighted by atomic mass is 9.88. The predicted molar refractivity (Wildman–Crippen MR) is 70.8 cm³/mol. The summed E-state index contributed by atoms with van der Waals surface area (Å²) < 4.78 is 0. The summed E-state index contributed by atoms with van der Waals surface area (Å²) >= 11 is 0. The van der Waals surface area contributed by atoms with Crippen molar-refractivity contribution in [3.8, 4) is 0 Å². The summed E-state index contributed by atoms with van der Waals surface area (Å²) in [4.78, 5) is 22.6. The fraction of sp³-hybridized carbons (Fsp3) is 0.429. The van der Waals surface area contributed by atoms with Crippen LogP contribution < -0.4 is 10.6 Å². The van der Waals surface area contributed by atoms with Crippen LogP contribution in [0, 0.1) is 11.8 Å². The van der Waals surface area contributed by atoms with E-state index in [0.717, 1.165) is 18.7 Å². The van der Waals surface area contributed by atoms with E-state index in [9.17, 15) is 9.59 Å². The Morgan fingerprint density at radius 1 is 1.37 bits per heavy atom. The van der Waals surface area contributed by atoms with Gasteiger partial charge in [0.1, 0.15) is 0 Å². The summed E-state index contributed by atoms with van der Waals surface area (Å²) in [5, 5.41) is 14.8. The van der Waals surface area contributed by atoms with E-state index in [0.29, 0.717) is 12.5 Å². The minimum absolute atomic E-state index is 0.0135. The zero-order valence-electron chi connectivity index (χ0n) is 10.8. The first-order valence-corrected chi connectivity index (χ1v) is 6.38. The molecule has 1 atom stereocenters. The number of carboxylic acid groups (broad SMARTS) is 1. The van der Waals surface area contributed by atoms with Crippen molar-refractivity contribution in [1.29, 1.82) is 0 Å². The Morgan fingerprint density at radius 3 is 2.47 bits per heavy atom. The van der Waals surface area contributed by atoms with Crippen LogP contribution in [-0.4, -0.2) is 30.1 Å². The Bertz CT molecular complexity index is 466. The number of benzene rings is 1. The molecule has 0 radical (unpaired) electrons. The monoisotopic (exact) mass is 262 g/mol. The van der Waals surface area contributed by atoms with E-state index in [1.165, 1.54) is 0 Å². The Kier molecular flexibility index (Phi) is 4.16. The van der Waals surface area contributed by atoms with Crippen molar-refractivity contribution in [3.05, 3.63) is 35.4 Å². The maximum absolute atomic E-state index is 11.9. The highest BCUT2D eigenvalue weighted by Crippen LogP contribution is 2.16. The summed E-state index contributed by atoms with van der Waals surface area (Å²) in [7, 11) is 0. The van der Waals surface area contributed by atoms with Crippen molar-refractivity contribution in [1.82, 2.24) is 10.6 Å². The highest BCUT2D eigenvalue weighted by Gasteiger charge is 2.28. The molecule has 1 fully saturated rings. The van der Waals surface area contributed by atoms with Crippen molar-refractivity contribution in [3.63, 3.8) is 0 Å². The zero-order chi connectivity index (χ0) is 13.8. The molecule has 3 N–H and O–H groups in total. The molecule has 102 valence electrons. The van der Waals surface area contributed by atoms with Crippen LogP contribution in [0.3, 0.4) is 0 Å². The van der Waals surface area contributed by atoms with Gasteiger partial charge in [-0.3, -0.25) is 4.79 Å². The lowest BCUT2D eigenvalue weighted by Crippen LogP contribution is -2.49. The van der Waals surface area contributed by atoms with Gasteiger partial charge in [0.25, 0.3) is 0 Å². The SMILES string of the molecule is CC(C(=O)NCc1ccc(C(=O)O)cc1)C1CNC1. The molecule has 0 saturated carbocycles. The Hall–Kier alpha value is -1.88. The highest BCUT2D eigenvalue weighted by molar-refractivity contribution is 5.87. The average Bonchev–Trinajstić information content (AvgIpc) is 2.34. The number of carbonyl (C=O) groups is 2. The molecule has 19 heavy (non-hydrogen) atoms. The van der Waals surface area contributed by atoms with E-state index >= 15 is 0 Å². The predicted octanol–water partition coefficient (Wildman–Crippen LogP) is 0.856. The molecule has 5 heteroatoms. The van der Waals surface area contributed by atoms with Gasteiger partial charge >= 0.3 is 5.97 Å². The van der Waals surface area contributed by atoms with E-state index in [2.05, 4.69) is 10.6 Å². The molecule has 0 aromatic heterocycles. The molecule has 1 heterocycles. The molecule has 1 aromatic rings. The van der Waals surface area contributed by atoms with E-state index < -0.39 is 5.97 Å². The van der Waals surface area contributed by atoms with Crippen molar-refractivity contribution >= 4 is 11.9 Å². The minimum atomic E-state index is -0.943. The third-order valence-corrected chi connectivity index (χ3v) is 3.60. The second kappa shape index (κ2) is 5.84. The number of carbonyl (C=O) groups excluding carboxylic acids is 1. The first kappa shape index (κ1) is 13.5. The first-order chi connectivity index (χ1) is 9.08. The van der Waals surface area contributed by atoms with Crippen LogP contribution in [0.15, 0.2) is 24.3 Å². The van der Waals surface area contributed by atoms with Gasteiger partial charge in [-0.1, -0.05) is 19.1 Å². The van der Waals surface area contributed by atoms with Crippen LogP contribution in [0.4, 0.5) is 0 Å². The third-order valence-electron chi connectivity index (χ3n) is 3.60. The molecule has 2 rings (SSSR count). The van der Waals surface area contributed by atoms with Gasteiger partial charge in [0, 0.05) is 12.5 Å². The molecule has 0 aliphatic carbocycles. The van der Waals surface area contributed by atoms with Crippen LogP contribution in [0.2, 0.25) is 0 Å². The van der Waals surface area contributed by atoms with Gasteiger partial charge in [-0.2, -0.15) is 0 Å². The standard InChI is InChI=1S/C14H18N2O3/c1-9(12-7-15-8-12)13(17)16-6-10-2-4-11(5-3-10)14(18)19/h2-5,9,12,15H,6-8H2,1H3,(H,16,17)(H,18,19). The molecule has 1 unspecified atom stereocenters.